The second-order valence-electron chi connectivity index (χ2n) is 15.8. The van der Waals surface area contributed by atoms with Gasteiger partial charge in [0, 0.05) is 67.0 Å². The normalized spacial score (nSPS) is 16.4. The summed E-state index contributed by atoms with van der Waals surface area (Å²) in [7, 11) is 5.27. The SMILES string of the molecule is CCCc1c(OC)cc(-c2cc(CN3CCC(N(Cc4ccnc(-c5cc(OC)c(OC)c(C6CCC6)c5)c4)c4ccccc4)CC3)ccn2)cc1C1CC1. The molecule has 3 fully saturated rings. The van der Waals surface area contributed by atoms with E-state index in [0.717, 1.165) is 86.1 Å². The highest BCUT2D eigenvalue weighted by Gasteiger charge is 2.30. The van der Waals surface area contributed by atoms with Gasteiger partial charge in [0.05, 0.1) is 32.7 Å². The summed E-state index contributed by atoms with van der Waals surface area (Å²) in [5, 5.41) is 0. The first-order valence-corrected chi connectivity index (χ1v) is 20.5. The Hall–Kier alpha value is -4.88. The number of hydrogen-bond donors (Lipinski definition) is 0. The van der Waals surface area contributed by atoms with Gasteiger partial charge < -0.3 is 19.1 Å². The molecule has 0 spiro atoms. The Bertz CT molecular complexity index is 2070. The fourth-order valence-electron chi connectivity index (χ4n) is 8.79. The highest BCUT2D eigenvalue weighted by Crippen LogP contribution is 2.47. The second-order valence-corrected chi connectivity index (χ2v) is 15.8. The van der Waals surface area contributed by atoms with Crippen LogP contribution in [0.5, 0.6) is 17.2 Å². The maximum atomic E-state index is 5.94. The van der Waals surface area contributed by atoms with E-state index < -0.39 is 0 Å². The van der Waals surface area contributed by atoms with Gasteiger partial charge in [-0.2, -0.15) is 0 Å². The van der Waals surface area contributed by atoms with E-state index in [2.05, 4.69) is 95.6 Å². The molecule has 1 saturated heterocycles. The van der Waals surface area contributed by atoms with Crippen LogP contribution in [0.15, 0.2) is 91.3 Å². The Morgan fingerprint density at radius 1 is 0.673 bits per heavy atom. The van der Waals surface area contributed by atoms with E-state index in [-0.39, 0.29) is 0 Å². The third-order valence-electron chi connectivity index (χ3n) is 12.1. The zero-order valence-electron chi connectivity index (χ0n) is 33.1. The van der Waals surface area contributed by atoms with Gasteiger partial charge in [0.1, 0.15) is 5.75 Å². The Morgan fingerprint density at radius 3 is 1.93 bits per heavy atom. The molecule has 55 heavy (non-hydrogen) atoms. The lowest BCUT2D eigenvalue weighted by molar-refractivity contribution is 0.201. The maximum absolute atomic E-state index is 5.94. The molecule has 3 aromatic carbocycles. The van der Waals surface area contributed by atoms with Gasteiger partial charge in [-0.05, 0) is 140 Å². The monoisotopic (exact) mass is 736 g/mol. The van der Waals surface area contributed by atoms with Crippen molar-refractivity contribution in [2.45, 2.75) is 95.7 Å². The van der Waals surface area contributed by atoms with Crippen LogP contribution in [0, 0.1) is 0 Å². The molecule has 0 N–H and O–H groups in total. The number of ether oxygens (including phenoxy) is 3. The fraction of sp³-hybridized carbons (Fsp3) is 0.417. The number of rotatable bonds is 15. The van der Waals surface area contributed by atoms with Gasteiger partial charge in [0.15, 0.2) is 11.5 Å². The molecule has 0 atom stereocenters. The van der Waals surface area contributed by atoms with Crippen molar-refractivity contribution < 1.29 is 14.2 Å². The van der Waals surface area contributed by atoms with Crippen LogP contribution in [-0.2, 0) is 19.5 Å². The third kappa shape index (κ3) is 8.23. The average Bonchev–Trinajstić information content (AvgIpc) is 4.06. The van der Waals surface area contributed by atoms with Crippen LogP contribution in [0.2, 0.25) is 0 Å². The summed E-state index contributed by atoms with van der Waals surface area (Å²) in [5.74, 6) is 3.83. The summed E-state index contributed by atoms with van der Waals surface area (Å²) in [5.41, 5.74) is 12.2. The largest absolute Gasteiger partial charge is 0.496 e. The van der Waals surface area contributed by atoms with E-state index >= 15 is 0 Å². The number of likely N-dealkylation sites (tertiary alicyclic amines) is 1. The Labute approximate surface area is 327 Å². The van der Waals surface area contributed by atoms with Gasteiger partial charge in [-0.15, -0.1) is 0 Å². The number of benzene rings is 3. The molecule has 286 valence electrons. The maximum Gasteiger partial charge on any atom is 0.164 e. The van der Waals surface area contributed by atoms with Crippen molar-refractivity contribution in [2.75, 3.05) is 39.3 Å². The molecule has 3 aliphatic rings. The quantitative estimate of drug-likeness (QED) is 0.106. The first-order chi connectivity index (χ1) is 27.0. The van der Waals surface area contributed by atoms with Crippen LogP contribution in [-0.4, -0.2) is 55.3 Å². The number of para-hydroxylation sites is 1. The van der Waals surface area contributed by atoms with Crippen LogP contribution in [0.25, 0.3) is 22.5 Å². The van der Waals surface area contributed by atoms with E-state index in [9.17, 15) is 0 Å². The number of piperidine rings is 1. The van der Waals surface area contributed by atoms with E-state index in [1.807, 2.05) is 12.4 Å². The van der Waals surface area contributed by atoms with Crippen LogP contribution >= 0.6 is 0 Å². The lowest BCUT2D eigenvalue weighted by atomic mass is 9.79. The molecule has 0 amide bonds. The van der Waals surface area contributed by atoms with E-state index in [1.165, 1.54) is 71.2 Å². The molecule has 3 heterocycles. The fourth-order valence-corrected chi connectivity index (χ4v) is 8.79. The average molecular weight is 737 g/mol. The van der Waals surface area contributed by atoms with Crippen molar-refractivity contribution in [1.82, 2.24) is 14.9 Å². The predicted octanol–water partition coefficient (Wildman–Crippen LogP) is 10.6. The van der Waals surface area contributed by atoms with Gasteiger partial charge in [0.2, 0.25) is 0 Å². The van der Waals surface area contributed by atoms with Gasteiger partial charge in [0.25, 0.3) is 0 Å². The van der Waals surface area contributed by atoms with E-state index in [1.54, 1.807) is 21.3 Å². The molecular formula is C48H56N4O3. The lowest BCUT2D eigenvalue weighted by Crippen LogP contribution is -2.44. The summed E-state index contributed by atoms with van der Waals surface area (Å²) in [6, 6.07) is 29.2. The number of pyridine rings is 2. The molecule has 2 aromatic heterocycles. The van der Waals surface area contributed by atoms with Crippen LogP contribution in [0.3, 0.4) is 0 Å². The van der Waals surface area contributed by atoms with Crippen molar-refractivity contribution in [2.24, 2.45) is 0 Å². The molecule has 1 aliphatic heterocycles. The second kappa shape index (κ2) is 16.9. The Morgan fingerprint density at radius 2 is 1.31 bits per heavy atom. The predicted molar refractivity (Wildman–Crippen MR) is 222 cm³/mol. The van der Waals surface area contributed by atoms with Crippen molar-refractivity contribution in [3.8, 4) is 39.8 Å². The van der Waals surface area contributed by atoms with Crippen LogP contribution in [0.1, 0.15) is 97.9 Å². The smallest absolute Gasteiger partial charge is 0.164 e. The zero-order valence-corrected chi connectivity index (χ0v) is 33.1. The molecule has 7 nitrogen and oxygen atoms in total. The first-order valence-electron chi connectivity index (χ1n) is 20.5. The number of methoxy groups -OCH3 is 3. The van der Waals surface area contributed by atoms with Gasteiger partial charge in [-0.25, -0.2) is 0 Å². The molecule has 7 heteroatoms. The first kappa shape index (κ1) is 37.1. The third-order valence-corrected chi connectivity index (χ3v) is 12.1. The molecule has 2 aliphatic carbocycles. The summed E-state index contributed by atoms with van der Waals surface area (Å²) in [4.78, 5) is 14.9. The van der Waals surface area contributed by atoms with Gasteiger partial charge in [-0.3, -0.25) is 14.9 Å². The van der Waals surface area contributed by atoms with E-state index in [4.69, 9.17) is 24.2 Å². The molecule has 0 bridgehead atoms. The summed E-state index contributed by atoms with van der Waals surface area (Å²) in [6.07, 6.45) is 14.5. The molecule has 5 aromatic rings. The van der Waals surface area contributed by atoms with E-state index in [0.29, 0.717) is 17.9 Å². The molecule has 2 saturated carbocycles. The standard InChI is InChI=1S/C48H56N4O3/c1-5-10-41-42(36-15-16-36)27-37(29-46(41)53-2)44-25-33(17-21-49-44)31-51-23-19-40(20-24-51)52(39-13-7-6-8-14-39)32-34-18-22-50-45(26-34)38-28-43(35-11-9-12-35)48(55-4)47(30-38)54-3/h6-8,13-14,17-18,21-22,25-30,35-36,40H,5,9-12,15-16,19-20,23-24,31-32H2,1-4H3. The number of aromatic nitrogens is 2. The number of nitrogens with zero attached hydrogens (tertiary/aromatic N) is 4. The highest BCUT2D eigenvalue weighted by molar-refractivity contribution is 5.68. The molecule has 0 unspecified atom stereocenters. The Balaban J connectivity index is 0.976. The van der Waals surface area contributed by atoms with Crippen LogP contribution < -0.4 is 19.1 Å². The summed E-state index contributed by atoms with van der Waals surface area (Å²) in [6.45, 7) is 6.10. The molecular weight excluding hydrogens is 681 g/mol. The van der Waals surface area contributed by atoms with Gasteiger partial charge in [-0.1, -0.05) is 38.0 Å². The van der Waals surface area contributed by atoms with Crippen molar-refractivity contribution in [3.05, 3.63) is 119 Å². The molecule has 8 rings (SSSR count). The lowest BCUT2D eigenvalue weighted by Gasteiger charge is -2.40. The minimum Gasteiger partial charge on any atom is -0.496 e. The number of anilines is 1. The zero-order chi connectivity index (χ0) is 37.7. The van der Waals surface area contributed by atoms with Gasteiger partial charge >= 0.3 is 0 Å². The topological polar surface area (TPSA) is 60.0 Å². The minimum atomic E-state index is 0.435. The van der Waals surface area contributed by atoms with Crippen molar-refractivity contribution >= 4 is 5.69 Å². The highest BCUT2D eigenvalue weighted by atomic mass is 16.5. The summed E-state index contributed by atoms with van der Waals surface area (Å²) >= 11 is 0. The minimum absolute atomic E-state index is 0.435. The number of hydrogen-bond acceptors (Lipinski definition) is 7. The molecule has 0 radical (unpaired) electrons. The van der Waals surface area contributed by atoms with Crippen molar-refractivity contribution in [1.29, 1.82) is 0 Å². The van der Waals surface area contributed by atoms with Crippen LogP contribution in [0.4, 0.5) is 5.69 Å². The summed E-state index contributed by atoms with van der Waals surface area (Å²) < 4.78 is 17.6. The van der Waals surface area contributed by atoms with Crippen molar-refractivity contribution in [3.63, 3.8) is 0 Å². The Kier molecular flexibility index (Phi) is 11.4.